The van der Waals surface area contributed by atoms with Gasteiger partial charge in [-0.3, -0.25) is 4.90 Å². The average molecular weight is 195 g/mol. The van der Waals surface area contributed by atoms with E-state index in [9.17, 15) is 0 Å². The monoisotopic (exact) mass is 195 g/mol. The third-order valence-corrected chi connectivity index (χ3v) is 2.74. The van der Waals surface area contributed by atoms with Gasteiger partial charge in [-0.15, -0.1) is 0 Å². The van der Waals surface area contributed by atoms with Gasteiger partial charge in [-0.25, -0.2) is 0 Å². The van der Waals surface area contributed by atoms with E-state index in [1.165, 1.54) is 19.5 Å². The summed E-state index contributed by atoms with van der Waals surface area (Å²) in [6.07, 6.45) is 2.93. The fraction of sp³-hybridized carbons (Fsp3) is 0.700. The lowest BCUT2D eigenvalue weighted by Crippen LogP contribution is -2.24. The van der Waals surface area contributed by atoms with E-state index in [1.807, 2.05) is 13.1 Å². The molecule has 1 aromatic rings. The lowest BCUT2D eigenvalue weighted by atomic mass is 10.1. The first-order chi connectivity index (χ1) is 6.88. The number of nitrogens with zero attached hydrogens (tertiary/aromatic N) is 2. The summed E-state index contributed by atoms with van der Waals surface area (Å²) in [5.74, 6) is 0.798. The zero-order valence-electron chi connectivity index (χ0n) is 8.57. The molecule has 78 valence electrons. The van der Waals surface area contributed by atoms with Gasteiger partial charge in [0, 0.05) is 19.2 Å². The molecule has 14 heavy (non-hydrogen) atoms. The number of likely N-dealkylation sites (tertiary alicyclic amines) is 1. The summed E-state index contributed by atoms with van der Waals surface area (Å²) in [4.78, 5) is 2.43. The van der Waals surface area contributed by atoms with Gasteiger partial charge in [0.25, 0.3) is 0 Å². The van der Waals surface area contributed by atoms with Crippen LogP contribution in [0.4, 0.5) is 0 Å². The van der Waals surface area contributed by atoms with Crippen LogP contribution in [-0.4, -0.2) is 36.7 Å². The van der Waals surface area contributed by atoms with Crippen molar-refractivity contribution in [3.63, 3.8) is 0 Å². The van der Waals surface area contributed by atoms with Gasteiger partial charge >= 0.3 is 0 Å². The van der Waals surface area contributed by atoms with Crippen LogP contribution < -0.4 is 5.32 Å². The van der Waals surface area contributed by atoms with Gasteiger partial charge in [-0.2, -0.15) is 0 Å². The van der Waals surface area contributed by atoms with Crippen molar-refractivity contribution in [2.45, 2.75) is 13.0 Å². The molecule has 1 saturated heterocycles. The van der Waals surface area contributed by atoms with Crippen molar-refractivity contribution in [2.24, 2.45) is 5.92 Å². The fourth-order valence-corrected chi connectivity index (χ4v) is 2.06. The van der Waals surface area contributed by atoms with Crippen LogP contribution in [0.25, 0.3) is 0 Å². The van der Waals surface area contributed by atoms with Crippen LogP contribution in [0.15, 0.2) is 16.9 Å². The van der Waals surface area contributed by atoms with E-state index in [-0.39, 0.29) is 0 Å². The molecule has 0 aromatic carbocycles. The van der Waals surface area contributed by atoms with E-state index in [4.69, 9.17) is 4.52 Å². The normalized spacial score (nSPS) is 23.1. The molecular weight excluding hydrogens is 178 g/mol. The first-order valence-electron chi connectivity index (χ1n) is 5.14. The van der Waals surface area contributed by atoms with E-state index >= 15 is 0 Å². The second-order valence-corrected chi connectivity index (χ2v) is 3.94. The van der Waals surface area contributed by atoms with Crippen molar-refractivity contribution in [2.75, 3.05) is 26.7 Å². The Morgan fingerprint density at radius 3 is 3.36 bits per heavy atom. The quantitative estimate of drug-likeness (QED) is 0.768. The molecule has 4 heteroatoms. The molecule has 0 bridgehead atoms. The van der Waals surface area contributed by atoms with Crippen LogP contribution in [0.3, 0.4) is 0 Å². The highest BCUT2D eigenvalue weighted by atomic mass is 16.5. The Morgan fingerprint density at radius 1 is 1.71 bits per heavy atom. The molecule has 1 aliphatic heterocycles. The minimum absolute atomic E-state index is 0.798. The highest BCUT2D eigenvalue weighted by Crippen LogP contribution is 2.17. The van der Waals surface area contributed by atoms with E-state index in [0.717, 1.165) is 24.7 Å². The molecule has 1 unspecified atom stereocenters. The summed E-state index contributed by atoms with van der Waals surface area (Å²) in [7, 11) is 2.01. The Balaban J connectivity index is 1.79. The van der Waals surface area contributed by atoms with Gasteiger partial charge in [0.1, 0.15) is 6.26 Å². The molecule has 0 saturated carbocycles. The zero-order valence-corrected chi connectivity index (χ0v) is 8.57. The van der Waals surface area contributed by atoms with Gasteiger partial charge < -0.3 is 9.84 Å². The maximum atomic E-state index is 4.81. The number of nitrogens with one attached hydrogen (secondary N) is 1. The third kappa shape index (κ3) is 2.33. The van der Waals surface area contributed by atoms with E-state index in [2.05, 4.69) is 15.4 Å². The maximum absolute atomic E-state index is 4.81. The maximum Gasteiger partial charge on any atom is 0.124 e. The Morgan fingerprint density at radius 2 is 2.64 bits per heavy atom. The minimum atomic E-state index is 0.798. The third-order valence-electron chi connectivity index (χ3n) is 2.74. The molecule has 4 nitrogen and oxygen atoms in total. The SMILES string of the molecule is CNCC1CCN(Cc2ccon2)C1. The standard InChI is InChI=1S/C10H17N3O/c1-11-6-9-2-4-13(7-9)8-10-3-5-14-12-10/h3,5,9,11H,2,4,6-8H2,1H3. The highest BCUT2D eigenvalue weighted by molar-refractivity contribution is 4.96. The number of hydrogen-bond donors (Lipinski definition) is 1. The summed E-state index contributed by atoms with van der Waals surface area (Å²) >= 11 is 0. The van der Waals surface area contributed by atoms with Gasteiger partial charge in [-0.05, 0) is 32.5 Å². The van der Waals surface area contributed by atoms with Crippen LogP contribution in [0.2, 0.25) is 0 Å². The lowest BCUT2D eigenvalue weighted by molar-refractivity contribution is 0.301. The Hall–Kier alpha value is -0.870. The summed E-state index contributed by atoms with van der Waals surface area (Å²) < 4.78 is 4.81. The summed E-state index contributed by atoms with van der Waals surface area (Å²) in [6.45, 7) is 4.40. The van der Waals surface area contributed by atoms with Crippen molar-refractivity contribution >= 4 is 0 Å². The number of aromatic nitrogens is 1. The molecule has 1 aromatic heterocycles. The van der Waals surface area contributed by atoms with E-state index < -0.39 is 0 Å². The van der Waals surface area contributed by atoms with E-state index in [0.29, 0.717) is 0 Å². The lowest BCUT2D eigenvalue weighted by Gasteiger charge is -2.13. The molecule has 1 N–H and O–H groups in total. The summed E-state index contributed by atoms with van der Waals surface area (Å²) in [5.41, 5.74) is 1.04. The van der Waals surface area contributed by atoms with Crippen LogP contribution in [-0.2, 0) is 6.54 Å². The largest absolute Gasteiger partial charge is 0.364 e. The van der Waals surface area contributed by atoms with Gasteiger partial charge in [0.15, 0.2) is 0 Å². The molecule has 0 aliphatic carbocycles. The highest BCUT2D eigenvalue weighted by Gasteiger charge is 2.22. The van der Waals surface area contributed by atoms with Crippen LogP contribution in [0, 0.1) is 5.92 Å². The first kappa shape index (κ1) is 9.68. The molecule has 0 amide bonds. The van der Waals surface area contributed by atoms with Crippen molar-refractivity contribution in [1.29, 1.82) is 0 Å². The Bertz CT molecular complexity index is 260. The number of rotatable bonds is 4. The van der Waals surface area contributed by atoms with Crippen LogP contribution in [0.1, 0.15) is 12.1 Å². The second-order valence-electron chi connectivity index (χ2n) is 3.94. The van der Waals surface area contributed by atoms with Crippen molar-refractivity contribution in [3.05, 3.63) is 18.0 Å². The molecule has 1 atom stereocenters. The summed E-state index contributed by atoms with van der Waals surface area (Å²) in [6, 6.07) is 1.94. The summed E-state index contributed by atoms with van der Waals surface area (Å²) in [5, 5.41) is 7.15. The van der Waals surface area contributed by atoms with Gasteiger partial charge in [0.05, 0.1) is 5.69 Å². The fourth-order valence-electron chi connectivity index (χ4n) is 2.06. The van der Waals surface area contributed by atoms with Crippen molar-refractivity contribution < 1.29 is 4.52 Å². The first-order valence-corrected chi connectivity index (χ1v) is 5.14. The smallest absolute Gasteiger partial charge is 0.124 e. The Kier molecular flexibility index (Phi) is 3.16. The minimum Gasteiger partial charge on any atom is -0.364 e. The second kappa shape index (κ2) is 4.57. The predicted molar refractivity (Wildman–Crippen MR) is 53.8 cm³/mol. The number of hydrogen-bond acceptors (Lipinski definition) is 4. The van der Waals surface area contributed by atoms with Gasteiger partial charge in [-0.1, -0.05) is 5.16 Å². The molecular formula is C10H17N3O. The topological polar surface area (TPSA) is 41.3 Å². The molecule has 1 fully saturated rings. The molecule has 0 spiro atoms. The van der Waals surface area contributed by atoms with Crippen LogP contribution >= 0.6 is 0 Å². The van der Waals surface area contributed by atoms with Crippen molar-refractivity contribution in [1.82, 2.24) is 15.4 Å². The molecule has 0 radical (unpaired) electrons. The molecule has 2 heterocycles. The Labute approximate surface area is 84.3 Å². The van der Waals surface area contributed by atoms with Gasteiger partial charge in [0.2, 0.25) is 0 Å². The molecule has 2 rings (SSSR count). The van der Waals surface area contributed by atoms with Crippen LogP contribution in [0.5, 0.6) is 0 Å². The van der Waals surface area contributed by atoms with Crippen molar-refractivity contribution in [3.8, 4) is 0 Å². The average Bonchev–Trinajstić information content (AvgIpc) is 2.79. The molecule has 1 aliphatic rings. The van der Waals surface area contributed by atoms with E-state index in [1.54, 1.807) is 6.26 Å². The zero-order chi connectivity index (χ0) is 9.80. The predicted octanol–water partition coefficient (Wildman–Crippen LogP) is 0.716.